The molecule has 1 aliphatic carbocycles. The number of sulfonamides is 1. The lowest BCUT2D eigenvalue weighted by atomic mass is 9.95. The van der Waals surface area contributed by atoms with E-state index in [0.29, 0.717) is 16.9 Å². The zero-order valence-electron chi connectivity index (χ0n) is 18.3. The SMILES string of the molecule is COc1ccc(CN(CC=C2C=C(C)C(=O)C(C)=C2)S(=O)(=O)c2ccc(C)cc2)cc1. The molecule has 0 amide bonds. The first-order valence-electron chi connectivity index (χ1n) is 10.0. The molecule has 0 saturated carbocycles. The first kappa shape index (κ1) is 22.7. The Labute approximate surface area is 184 Å². The number of ketones is 1. The molecule has 0 radical (unpaired) electrons. The lowest BCUT2D eigenvalue weighted by Gasteiger charge is -2.22. The highest BCUT2D eigenvalue weighted by molar-refractivity contribution is 7.89. The van der Waals surface area contributed by atoms with Crippen molar-refractivity contribution in [2.75, 3.05) is 13.7 Å². The summed E-state index contributed by atoms with van der Waals surface area (Å²) in [5, 5.41) is 0. The number of aryl methyl sites for hydroxylation is 1. The van der Waals surface area contributed by atoms with Crippen LogP contribution in [0.1, 0.15) is 25.0 Å². The first-order chi connectivity index (χ1) is 14.7. The Balaban J connectivity index is 1.94. The number of Topliss-reactive ketones (excluding diaryl/α,β-unsaturated/α-hetero) is 1. The molecule has 31 heavy (non-hydrogen) atoms. The Hall–Kier alpha value is -2.96. The van der Waals surface area contributed by atoms with Crippen molar-refractivity contribution in [1.82, 2.24) is 4.31 Å². The van der Waals surface area contributed by atoms with Crippen molar-refractivity contribution in [3.05, 3.63) is 94.6 Å². The number of hydrogen-bond acceptors (Lipinski definition) is 4. The van der Waals surface area contributed by atoms with Crippen molar-refractivity contribution in [2.45, 2.75) is 32.2 Å². The van der Waals surface area contributed by atoms with Crippen LogP contribution in [0.25, 0.3) is 0 Å². The maximum atomic E-state index is 13.4. The second kappa shape index (κ2) is 9.45. The predicted molar refractivity (Wildman–Crippen MR) is 122 cm³/mol. The summed E-state index contributed by atoms with van der Waals surface area (Å²) < 4.78 is 33.5. The first-order valence-corrected chi connectivity index (χ1v) is 11.5. The smallest absolute Gasteiger partial charge is 0.243 e. The fourth-order valence-electron chi connectivity index (χ4n) is 3.35. The maximum absolute atomic E-state index is 13.4. The van der Waals surface area contributed by atoms with Crippen molar-refractivity contribution < 1.29 is 17.9 Å². The van der Waals surface area contributed by atoms with Gasteiger partial charge in [0.25, 0.3) is 0 Å². The van der Waals surface area contributed by atoms with Crippen LogP contribution >= 0.6 is 0 Å². The zero-order chi connectivity index (χ0) is 22.6. The average molecular weight is 438 g/mol. The van der Waals surface area contributed by atoms with Gasteiger partial charge in [0.2, 0.25) is 10.0 Å². The van der Waals surface area contributed by atoms with Gasteiger partial charge in [0.1, 0.15) is 5.75 Å². The van der Waals surface area contributed by atoms with E-state index in [1.807, 2.05) is 37.3 Å². The van der Waals surface area contributed by atoms with E-state index < -0.39 is 10.0 Å². The largest absolute Gasteiger partial charge is 0.497 e. The molecule has 2 aromatic rings. The van der Waals surface area contributed by atoms with E-state index in [2.05, 4.69) is 0 Å². The van der Waals surface area contributed by atoms with E-state index in [9.17, 15) is 13.2 Å². The Morgan fingerprint density at radius 2 is 1.48 bits per heavy atom. The number of benzene rings is 2. The third-order valence-electron chi connectivity index (χ3n) is 5.19. The number of rotatable bonds is 7. The van der Waals surface area contributed by atoms with Crippen LogP contribution < -0.4 is 4.74 Å². The Morgan fingerprint density at radius 1 is 0.903 bits per heavy atom. The third-order valence-corrected chi connectivity index (χ3v) is 7.02. The molecule has 0 spiro atoms. The number of nitrogens with zero attached hydrogens (tertiary/aromatic N) is 1. The van der Waals surface area contributed by atoms with Gasteiger partial charge in [-0.1, -0.05) is 35.9 Å². The summed E-state index contributed by atoms with van der Waals surface area (Å²) in [5.74, 6) is 0.728. The van der Waals surface area contributed by atoms with Crippen molar-refractivity contribution in [2.24, 2.45) is 0 Å². The Morgan fingerprint density at radius 3 is 2.03 bits per heavy atom. The summed E-state index contributed by atoms with van der Waals surface area (Å²) in [7, 11) is -2.13. The van der Waals surface area contributed by atoms with Crippen molar-refractivity contribution >= 4 is 15.8 Å². The summed E-state index contributed by atoms with van der Waals surface area (Å²) in [5.41, 5.74) is 3.97. The Kier molecular flexibility index (Phi) is 6.93. The zero-order valence-corrected chi connectivity index (χ0v) is 19.1. The highest BCUT2D eigenvalue weighted by Gasteiger charge is 2.24. The molecule has 0 aromatic heterocycles. The topological polar surface area (TPSA) is 63.7 Å². The van der Waals surface area contributed by atoms with Gasteiger partial charge >= 0.3 is 0 Å². The fraction of sp³-hybridized carbons (Fsp3) is 0.240. The number of methoxy groups -OCH3 is 1. The molecular weight excluding hydrogens is 410 g/mol. The fourth-order valence-corrected chi connectivity index (χ4v) is 4.72. The number of allylic oxidation sites excluding steroid dienone is 5. The lowest BCUT2D eigenvalue weighted by Crippen LogP contribution is -2.31. The second-order valence-corrected chi connectivity index (χ2v) is 9.58. The van der Waals surface area contributed by atoms with Gasteiger partial charge in [0, 0.05) is 13.1 Å². The molecule has 0 bridgehead atoms. The summed E-state index contributed by atoms with van der Waals surface area (Å²) >= 11 is 0. The minimum absolute atomic E-state index is 0.0134. The monoisotopic (exact) mass is 437 g/mol. The molecule has 0 aliphatic heterocycles. The van der Waals surface area contributed by atoms with Crippen LogP contribution in [0, 0.1) is 6.92 Å². The molecule has 3 rings (SSSR count). The van der Waals surface area contributed by atoms with Gasteiger partial charge in [-0.05, 0) is 79.5 Å². The predicted octanol–water partition coefficient (Wildman–Crippen LogP) is 4.60. The number of carbonyl (C=O) groups is 1. The summed E-state index contributed by atoms with van der Waals surface area (Å²) in [6.45, 7) is 5.85. The highest BCUT2D eigenvalue weighted by Crippen LogP contribution is 2.22. The van der Waals surface area contributed by atoms with Gasteiger partial charge in [-0.15, -0.1) is 0 Å². The van der Waals surface area contributed by atoms with Crippen LogP contribution in [-0.4, -0.2) is 32.2 Å². The van der Waals surface area contributed by atoms with E-state index in [0.717, 1.165) is 16.7 Å². The van der Waals surface area contributed by atoms with Crippen LogP contribution in [0.3, 0.4) is 0 Å². The summed E-state index contributed by atoms with van der Waals surface area (Å²) in [6, 6.07) is 14.2. The van der Waals surface area contributed by atoms with Gasteiger partial charge in [-0.25, -0.2) is 8.42 Å². The van der Waals surface area contributed by atoms with Crippen LogP contribution in [-0.2, 0) is 21.4 Å². The molecule has 0 heterocycles. The quantitative estimate of drug-likeness (QED) is 0.635. The number of ether oxygens (including phenoxy) is 1. The normalized spacial score (nSPS) is 14.4. The molecule has 0 unspecified atom stereocenters. The van der Waals surface area contributed by atoms with Crippen molar-refractivity contribution in [3.63, 3.8) is 0 Å². The molecule has 162 valence electrons. The molecule has 6 heteroatoms. The van der Waals surface area contributed by atoms with Crippen LogP contribution in [0.5, 0.6) is 5.75 Å². The van der Waals surface area contributed by atoms with E-state index in [1.165, 1.54) is 4.31 Å². The van der Waals surface area contributed by atoms with Crippen molar-refractivity contribution in [1.29, 1.82) is 0 Å². The molecular formula is C25H27NO4S. The van der Waals surface area contributed by atoms with E-state index >= 15 is 0 Å². The van der Waals surface area contributed by atoms with Crippen LogP contribution in [0.15, 0.2) is 88.4 Å². The molecule has 0 atom stereocenters. The minimum Gasteiger partial charge on any atom is -0.497 e. The third kappa shape index (κ3) is 5.40. The van der Waals surface area contributed by atoms with Gasteiger partial charge in [-0.3, -0.25) is 4.79 Å². The Bertz CT molecular complexity index is 1130. The number of carbonyl (C=O) groups excluding carboxylic acids is 1. The van der Waals surface area contributed by atoms with E-state index in [1.54, 1.807) is 57.4 Å². The second-order valence-electron chi connectivity index (χ2n) is 7.65. The number of hydrogen-bond donors (Lipinski definition) is 0. The highest BCUT2D eigenvalue weighted by atomic mass is 32.2. The standard InChI is InChI=1S/C25H27NO4S/c1-18-5-11-24(12-6-18)31(28,29)26(17-21-7-9-23(30-4)10-8-21)14-13-22-15-19(2)25(27)20(3)16-22/h5-13,15-16H,14,17H2,1-4H3. The molecule has 0 saturated heterocycles. The average Bonchev–Trinajstić information content (AvgIpc) is 2.75. The summed E-state index contributed by atoms with van der Waals surface area (Å²) in [4.78, 5) is 12.2. The molecule has 2 aromatic carbocycles. The van der Waals surface area contributed by atoms with E-state index in [4.69, 9.17) is 4.74 Å². The lowest BCUT2D eigenvalue weighted by molar-refractivity contribution is -0.112. The van der Waals surface area contributed by atoms with E-state index in [-0.39, 0.29) is 23.8 Å². The van der Waals surface area contributed by atoms with Crippen molar-refractivity contribution in [3.8, 4) is 5.75 Å². The van der Waals surface area contributed by atoms with Gasteiger partial charge in [0.05, 0.1) is 12.0 Å². The van der Waals surface area contributed by atoms with Gasteiger partial charge < -0.3 is 4.74 Å². The van der Waals surface area contributed by atoms with Crippen LogP contribution in [0.4, 0.5) is 0 Å². The molecule has 1 aliphatic rings. The molecule has 0 fully saturated rings. The van der Waals surface area contributed by atoms with Gasteiger partial charge in [-0.2, -0.15) is 4.31 Å². The molecule has 5 nitrogen and oxygen atoms in total. The maximum Gasteiger partial charge on any atom is 0.243 e. The molecule has 0 N–H and O–H groups in total. The minimum atomic E-state index is -3.72. The summed E-state index contributed by atoms with van der Waals surface area (Å²) in [6.07, 6.45) is 5.42. The van der Waals surface area contributed by atoms with Crippen LogP contribution in [0.2, 0.25) is 0 Å². The van der Waals surface area contributed by atoms with Gasteiger partial charge in [0.15, 0.2) is 5.78 Å².